The lowest BCUT2D eigenvalue weighted by Crippen LogP contribution is -2.33. The molecular formula is C12H16N4O4. The van der Waals surface area contributed by atoms with Crippen molar-refractivity contribution < 1.29 is 20.1 Å². The highest BCUT2D eigenvalue weighted by Crippen LogP contribution is 2.31. The average molecular weight is 280 g/mol. The second-order valence-corrected chi connectivity index (χ2v) is 4.73. The first-order valence-electron chi connectivity index (χ1n) is 6.46. The molecule has 0 saturated carbocycles. The molecule has 0 unspecified atom stereocenters. The fraction of sp³-hybridized carbons (Fsp3) is 0.583. The van der Waals surface area contributed by atoms with Gasteiger partial charge in [0, 0.05) is 0 Å². The highest BCUT2D eigenvalue weighted by atomic mass is 16.6. The molecule has 0 aromatic carbocycles. The molecule has 4 atom stereocenters. The van der Waals surface area contributed by atoms with Gasteiger partial charge < -0.3 is 20.1 Å². The van der Waals surface area contributed by atoms with Crippen LogP contribution in [-0.2, 0) is 11.2 Å². The van der Waals surface area contributed by atoms with Gasteiger partial charge in [-0.15, -0.1) is 0 Å². The van der Waals surface area contributed by atoms with Crippen LogP contribution in [0.2, 0.25) is 0 Å². The Hall–Kier alpha value is -1.61. The average Bonchev–Trinajstić information content (AvgIpc) is 3.01. The summed E-state index contributed by atoms with van der Waals surface area (Å²) in [5.74, 6) is 0. The Labute approximate surface area is 114 Å². The Morgan fingerprint density at radius 2 is 2.05 bits per heavy atom. The van der Waals surface area contributed by atoms with Crippen molar-refractivity contribution in [2.75, 3.05) is 6.61 Å². The zero-order valence-electron chi connectivity index (χ0n) is 10.9. The fourth-order valence-corrected chi connectivity index (χ4v) is 2.46. The van der Waals surface area contributed by atoms with E-state index in [9.17, 15) is 10.2 Å². The highest BCUT2D eigenvalue weighted by Gasteiger charge is 2.43. The molecule has 108 valence electrons. The third-order valence-electron chi connectivity index (χ3n) is 3.56. The summed E-state index contributed by atoms with van der Waals surface area (Å²) in [7, 11) is 0. The molecular weight excluding hydrogens is 264 g/mol. The van der Waals surface area contributed by atoms with Gasteiger partial charge in [0.1, 0.15) is 30.2 Å². The van der Waals surface area contributed by atoms with Crippen LogP contribution >= 0.6 is 0 Å². The quantitative estimate of drug-likeness (QED) is 0.660. The molecule has 0 amide bonds. The Morgan fingerprint density at radius 3 is 2.70 bits per heavy atom. The topological polar surface area (TPSA) is 114 Å². The van der Waals surface area contributed by atoms with Gasteiger partial charge in [-0.3, -0.25) is 4.57 Å². The first-order chi connectivity index (χ1) is 9.67. The molecule has 3 rings (SSSR count). The molecule has 1 aliphatic rings. The molecule has 1 fully saturated rings. The van der Waals surface area contributed by atoms with E-state index < -0.39 is 24.5 Å². The molecule has 20 heavy (non-hydrogen) atoms. The molecule has 0 bridgehead atoms. The summed E-state index contributed by atoms with van der Waals surface area (Å²) in [4.78, 5) is 12.6. The minimum Gasteiger partial charge on any atom is -0.394 e. The summed E-state index contributed by atoms with van der Waals surface area (Å²) in [5, 5.41) is 29.0. The number of aliphatic hydroxyl groups is 3. The van der Waals surface area contributed by atoms with Gasteiger partial charge in [-0.25, -0.2) is 15.0 Å². The second kappa shape index (κ2) is 5.06. The monoisotopic (exact) mass is 280 g/mol. The molecule has 1 saturated heterocycles. The van der Waals surface area contributed by atoms with Gasteiger partial charge in [-0.1, -0.05) is 6.92 Å². The first kappa shape index (κ1) is 13.4. The number of hydrogen-bond donors (Lipinski definition) is 3. The van der Waals surface area contributed by atoms with Crippen molar-refractivity contribution in [3.05, 3.63) is 18.3 Å². The summed E-state index contributed by atoms with van der Waals surface area (Å²) in [6, 6.07) is 0. The predicted molar refractivity (Wildman–Crippen MR) is 67.7 cm³/mol. The standard InChI is InChI=1S/C12H16N4O4/c1-2-6-8-11(14-4-13-6)16(5-15-8)12-10(19)9(18)7(3-17)20-12/h4-5,7,9-10,12,17-19H,2-3H2,1H3/t7-,9-,10-,12-/m0/s1. The van der Waals surface area contributed by atoms with Gasteiger partial charge in [0.15, 0.2) is 11.9 Å². The van der Waals surface area contributed by atoms with Gasteiger partial charge >= 0.3 is 0 Å². The summed E-state index contributed by atoms with van der Waals surface area (Å²) in [6.07, 6.45) is -0.294. The Morgan fingerprint density at radius 1 is 1.25 bits per heavy atom. The third-order valence-corrected chi connectivity index (χ3v) is 3.56. The lowest BCUT2D eigenvalue weighted by atomic mass is 10.1. The number of aromatic nitrogens is 4. The second-order valence-electron chi connectivity index (χ2n) is 4.73. The van der Waals surface area contributed by atoms with Gasteiger partial charge in [-0.2, -0.15) is 0 Å². The van der Waals surface area contributed by atoms with E-state index in [1.54, 1.807) is 4.57 Å². The molecule has 8 heteroatoms. The number of fused-ring (bicyclic) bond motifs is 1. The lowest BCUT2D eigenvalue weighted by molar-refractivity contribution is -0.0511. The molecule has 0 spiro atoms. The van der Waals surface area contributed by atoms with E-state index in [1.807, 2.05) is 6.92 Å². The molecule has 8 nitrogen and oxygen atoms in total. The van der Waals surface area contributed by atoms with Crippen LogP contribution in [0.25, 0.3) is 11.2 Å². The van der Waals surface area contributed by atoms with Crippen molar-refractivity contribution in [3.8, 4) is 0 Å². The van der Waals surface area contributed by atoms with Crippen LogP contribution in [0.5, 0.6) is 0 Å². The van der Waals surface area contributed by atoms with Crippen LogP contribution in [-0.4, -0.2) is 59.8 Å². The summed E-state index contributed by atoms with van der Waals surface area (Å²) in [6.45, 7) is 1.60. The van der Waals surface area contributed by atoms with Gasteiger partial charge in [0.05, 0.1) is 18.6 Å². The zero-order valence-corrected chi connectivity index (χ0v) is 10.9. The molecule has 1 aliphatic heterocycles. The smallest absolute Gasteiger partial charge is 0.165 e. The van der Waals surface area contributed by atoms with Crippen LogP contribution < -0.4 is 0 Å². The number of aliphatic hydroxyl groups excluding tert-OH is 3. The van der Waals surface area contributed by atoms with E-state index in [4.69, 9.17) is 9.84 Å². The predicted octanol–water partition coefficient (Wildman–Crippen LogP) is -1.000. The van der Waals surface area contributed by atoms with E-state index in [0.29, 0.717) is 17.6 Å². The number of ether oxygens (including phenoxy) is 1. The Balaban J connectivity index is 2.03. The largest absolute Gasteiger partial charge is 0.394 e. The zero-order chi connectivity index (χ0) is 14.3. The lowest BCUT2D eigenvalue weighted by Gasteiger charge is -2.16. The Kier molecular flexibility index (Phi) is 3.38. The third kappa shape index (κ3) is 1.88. The van der Waals surface area contributed by atoms with Crippen LogP contribution in [0.4, 0.5) is 0 Å². The van der Waals surface area contributed by atoms with E-state index in [1.165, 1.54) is 12.7 Å². The number of aryl methyl sites for hydroxylation is 1. The van der Waals surface area contributed by atoms with E-state index >= 15 is 0 Å². The minimum absolute atomic E-state index is 0.365. The van der Waals surface area contributed by atoms with Crippen molar-refractivity contribution >= 4 is 11.2 Å². The van der Waals surface area contributed by atoms with E-state index in [2.05, 4.69) is 15.0 Å². The highest BCUT2D eigenvalue weighted by molar-refractivity contribution is 5.73. The van der Waals surface area contributed by atoms with Crippen LogP contribution in [0.15, 0.2) is 12.7 Å². The van der Waals surface area contributed by atoms with Gasteiger partial charge in [0.2, 0.25) is 0 Å². The van der Waals surface area contributed by atoms with Crippen molar-refractivity contribution in [2.24, 2.45) is 0 Å². The number of hydrogen-bond acceptors (Lipinski definition) is 7. The van der Waals surface area contributed by atoms with Crippen molar-refractivity contribution in [3.63, 3.8) is 0 Å². The van der Waals surface area contributed by atoms with E-state index in [-0.39, 0.29) is 6.61 Å². The summed E-state index contributed by atoms with van der Waals surface area (Å²) >= 11 is 0. The van der Waals surface area contributed by atoms with Crippen molar-refractivity contribution in [2.45, 2.75) is 37.9 Å². The van der Waals surface area contributed by atoms with Crippen molar-refractivity contribution in [1.82, 2.24) is 19.5 Å². The fourth-order valence-electron chi connectivity index (χ4n) is 2.46. The normalized spacial score (nSPS) is 30.2. The van der Waals surface area contributed by atoms with E-state index in [0.717, 1.165) is 5.69 Å². The maximum Gasteiger partial charge on any atom is 0.165 e. The van der Waals surface area contributed by atoms with Gasteiger partial charge in [0.25, 0.3) is 0 Å². The number of nitrogens with zero attached hydrogens (tertiary/aromatic N) is 4. The molecule has 3 N–H and O–H groups in total. The summed E-state index contributed by atoms with van der Waals surface area (Å²) in [5.41, 5.74) is 1.99. The maximum atomic E-state index is 10.0. The van der Waals surface area contributed by atoms with Crippen molar-refractivity contribution in [1.29, 1.82) is 0 Å². The van der Waals surface area contributed by atoms with Crippen LogP contribution in [0.1, 0.15) is 18.8 Å². The molecule has 0 radical (unpaired) electrons. The van der Waals surface area contributed by atoms with Crippen LogP contribution in [0.3, 0.4) is 0 Å². The minimum atomic E-state index is -1.15. The number of rotatable bonds is 3. The summed E-state index contributed by atoms with van der Waals surface area (Å²) < 4.78 is 7.03. The molecule has 2 aromatic heterocycles. The SMILES string of the molecule is CCc1ncnc2c1ncn2[C@H]1O[C@@H](CO)[C@H](O)[C@@H]1O. The van der Waals surface area contributed by atoms with Gasteiger partial charge in [-0.05, 0) is 6.42 Å². The maximum absolute atomic E-state index is 10.0. The Bertz CT molecular complexity index is 617. The molecule has 3 heterocycles. The first-order valence-corrected chi connectivity index (χ1v) is 6.46. The van der Waals surface area contributed by atoms with Crippen LogP contribution in [0, 0.1) is 0 Å². The molecule has 2 aromatic rings. The molecule has 0 aliphatic carbocycles. The number of imidazole rings is 1.